The first-order valence-corrected chi connectivity index (χ1v) is 8.14. The van der Waals surface area contributed by atoms with E-state index in [-0.39, 0.29) is 17.7 Å². The summed E-state index contributed by atoms with van der Waals surface area (Å²) >= 11 is 0. The summed E-state index contributed by atoms with van der Waals surface area (Å²) in [5.74, 6) is 1.66. The maximum absolute atomic E-state index is 12.1. The van der Waals surface area contributed by atoms with Crippen LogP contribution in [0.2, 0.25) is 0 Å². The zero-order valence-electron chi connectivity index (χ0n) is 14.5. The van der Waals surface area contributed by atoms with Gasteiger partial charge in [-0.2, -0.15) is 4.98 Å². The van der Waals surface area contributed by atoms with Gasteiger partial charge in [-0.1, -0.05) is 57.1 Å². The molecule has 5 heteroatoms. The van der Waals surface area contributed by atoms with Gasteiger partial charge in [0.15, 0.2) is 0 Å². The van der Waals surface area contributed by atoms with Crippen LogP contribution in [-0.4, -0.2) is 27.5 Å². The molecule has 2 rings (SSSR count). The fraction of sp³-hybridized carbons (Fsp3) is 0.500. The predicted octanol–water partition coefficient (Wildman–Crippen LogP) is 3.86. The Kier molecular flexibility index (Phi) is 5.53. The van der Waals surface area contributed by atoms with Crippen molar-refractivity contribution in [3.8, 4) is 11.4 Å². The van der Waals surface area contributed by atoms with Gasteiger partial charge in [0, 0.05) is 30.5 Å². The average molecular weight is 315 g/mol. The Morgan fingerprint density at radius 1 is 1.17 bits per heavy atom. The highest BCUT2D eigenvalue weighted by Crippen LogP contribution is 2.20. The lowest BCUT2D eigenvalue weighted by Gasteiger charge is -2.23. The van der Waals surface area contributed by atoms with Crippen LogP contribution in [-0.2, 0) is 11.3 Å². The van der Waals surface area contributed by atoms with Crippen molar-refractivity contribution >= 4 is 5.91 Å². The second-order valence-electron chi connectivity index (χ2n) is 6.31. The third kappa shape index (κ3) is 4.18. The summed E-state index contributed by atoms with van der Waals surface area (Å²) in [5.41, 5.74) is 2.01. The number of carbonyl (C=O) groups is 1. The predicted molar refractivity (Wildman–Crippen MR) is 89.8 cm³/mol. The van der Waals surface area contributed by atoms with Gasteiger partial charge in [-0.25, -0.2) is 0 Å². The van der Waals surface area contributed by atoms with E-state index in [4.69, 9.17) is 4.52 Å². The SMILES string of the molecule is CCN(Cc1ccc(-c2noc(C(C)C)n2)cc1)C(=O)C(C)C. The van der Waals surface area contributed by atoms with Gasteiger partial charge in [0.1, 0.15) is 0 Å². The summed E-state index contributed by atoms with van der Waals surface area (Å²) in [6.45, 7) is 11.2. The monoisotopic (exact) mass is 315 g/mol. The first-order chi connectivity index (χ1) is 10.9. The Morgan fingerprint density at radius 3 is 2.30 bits per heavy atom. The van der Waals surface area contributed by atoms with Crippen LogP contribution in [0.1, 0.15) is 52.0 Å². The quantitative estimate of drug-likeness (QED) is 0.812. The minimum absolute atomic E-state index is 0.0167. The number of aromatic nitrogens is 2. The minimum atomic E-state index is 0.0167. The van der Waals surface area contributed by atoms with Crippen LogP contribution < -0.4 is 0 Å². The van der Waals surface area contributed by atoms with E-state index in [0.717, 1.165) is 11.1 Å². The van der Waals surface area contributed by atoms with E-state index in [2.05, 4.69) is 10.1 Å². The summed E-state index contributed by atoms with van der Waals surface area (Å²) in [6, 6.07) is 7.96. The molecule has 1 aromatic carbocycles. The largest absolute Gasteiger partial charge is 0.339 e. The van der Waals surface area contributed by atoms with Gasteiger partial charge >= 0.3 is 0 Å². The third-order valence-corrected chi connectivity index (χ3v) is 3.71. The number of carbonyl (C=O) groups excluding carboxylic acids is 1. The number of rotatable bonds is 6. The van der Waals surface area contributed by atoms with Crippen molar-refractivity contribution < 1.29 is 9.32 Å². The molecule has 0 N–H and O–H groups in total. The van der Waals surface area contributed by atoms with Crippen molar-refractivity contribution in [1.29, 1.82) is 0 Å². The van der Waals surface area contributed by atoms with Crippen molar-refractivity contribution in [1.82, 2.24) is 15.0 Å². The standard InChI is InChI=1S/C18H25N3O2/c1-6-21(18(22)13(4)5)11-14-7-9-15(10-8-14)16-19-17(12(2)3)23-20-16/h7-10,12-13H,6,11H2,1-5H3. The molecule has 0 radical (unpaired) electrons. The molecule has 0 aliphatic carbocycles. The van der Waals surface area contributed by atoms with Crippen LogP contribution >= 0.6 is 0 Å². The van der Waals surface area contributed by atoms with Crippen molar-refractivity contribution in [3.05, 3.63) is 35.7 Å². The summed E-state index contributed by atoms with van der Waals surface area (Å²) in [6.07, 6.45) is 0. The molecule has 0 atom stereocenters. The van der Waals surface area contributed by atoms with E-state index < -0.39 is 0 Å². The summed E-state index contributed by atoms with van der Waals surface area (Å²) < 4.78 is 5.24. The summed E-state index contributed by atoms with van der Waals surface area (Å²) in [4.78, 5) is 18.4. The zero-order valence-corrected chi connectivity index (χ0v) is 14.5. The van der Waals surface area contributed by atoms with Crippen LogP contribution in [0.4, 0.5) is 0 Å². The van der Waals surface area contributed by atoms with Crippen LogP contribution in [0.5, 0.6) is 0 Å². The maximum Gasteiger partial charge on any atom is 0.229 e. The molecular weight excluding hydrogens is 290 g/mol. The lowest BCUT2D eigenvalue weighted by molar-refractivity contribution is -0.134. The summed E-state index contributed by atoms with van der Waals surface area (Å²) in [5, 5.41) is 4.02. The second-order valence-corrected chi connectivity index (χ2v) is 6.31. The molecule has 0 aliphatic heterocycles. The highest BCUT2D eigenvalue weighted by molar-refractivity contribution is 5.78. The fourth-order valence-corrected chi connectivity index (χ4v) is 2.28. The molecule has 1 amide bonds. The van der Waals surface area contributed by atoms with Crippen molar-refractivity contribution in [3.63, 3.8) is 0 Å². The van der Waals surface area contributed by atoms with Crippen LogP contribution in [0.3, 0.4) is 0 Å². The van der Waals surface area contributed by atoms with E-state index >= 15 is 0 Å². The molecule has 0 bridgehead atoms. The summed E-state index contributed by atoms with van der Waals surface area (Å²) in [7, 11) is 0. The molecule has 0 aliphatic rings. The van der Waals surface area contributed by atoms with Gasteiger partial charge in [0.25, 0.3) is 0 Å². The highest BCUT2D eigenvalue weighted by atomic mass is 16.5. The minimum Gasteiger partial charge on any atom is -0.339 e. The topological polar surface area (TPSA) is 59.2 Å². The van der Waals surface area contributed by atoms with E-state index in [9.17, 15) is 4.79 Å². The molecule has 1 heterocycles. The van der Waals surface area contributed by atoms with Crippen LogP contribution in [0.25, 0.3) is 11.4 Å². The molecule has 0 saturated heterocycles. The lowest BCUT2D eigenvalue weighted by atomic mass is 10.1. The number of nitrogens with zero attached hydrogens (tertiary/aromatic N) is 3. The molecule has 124 valence electrons. The van der Waals surface area contributed by atoms with Gasteiger partial charge in [0.05, 0.1) is 0 Å². The van der Waals surface area contributed by atoms with Crippen LogP contribution in [0.15, 0.2) is 28.8 Å². The average Bonchev–Trinajstić information content (AvgIpc) is 3.02. The molecule has 0 fully saturated rings. The van der Waals surface area contributed by atoms with Gasteiger partial charge in [0.2, 0.25) is 17.6 Å². The molecule has 5 nitrogen and oxygen atoms in total. The first-order valence-electron chi connectivity index (χ1n) is 8.14. The Hall–Kier alpha value is -2.17. The molecule has 0 spiro atoms. The van der Waals surface area contributed by atoms with Crippen molar-refractivity contribution in [2.45, 2.75) is 47.1 Å². The Bertz CT molecular complexity index is 645. The lowest BCUT2D eigenvalue weighted by Crippen LogP contribution is -2.33. The third-order valence-electron chi connectivity index (χ3n) is 3.71. The number of hydrogen-bond donors (Lipinski definition) is 0. The van der Waals surface area contributed by atoms with Gasteiger partial charge in [-0.05, 0) is 12.5 Å². The molecule has 0 saturated carbocycles. The molecule has 23 heavy (non-hydrogen) atoms. The maximum atomic E-state index is 12.1. The van der Waals surface area contributed by atoms with E-state index in [1.165, 1.54) is 0 Å². The fourth-order valence-electron chi connectivity index (χ4n) is 2.28. The Labute approximate surface area is 137 Å². The second kappa shape index (κ2) is 7.40. The van der Waals surface area contributed by atoms with Crippen LogP contribution in [0, 0.1) is 5.92 Å². The normalized spacial score (nSPS) is 11.3. The van der Waals surface area contributed by atoms with Gasteiger partial charge in [-0.3, -0.25) is 4.79 Å². The highest BCUT2D eigenvalue weighted by Gasteiger charge is 2.16. The van der Waals surface area contributed by atoms with E-state index in [1.54, 1.807) is 0 Å². The number of benzene rings is 1. The zero-order chi connectivity index (χ0) is 17.0. The Morgan fingerprint density at radius 2 is 1.83 bits per heavy atom. The van der Waals surface area contributed by atoms with E-state index in [0.29, 0.717) is 24.8 Å². The number of hydrogen-bond acceptors (Lipinski definition) is 4. The first kappa shape index (κ1) is 17.2. The molecule has 2 aromatic rings. The number of amides is 1. The van der Waals surface area contributed by atoms with Gasteiger partial charge in [-0.15, -0.1) is 0 Å². The van der Waals surface area contributed by atoms with E-state index in [1.807, 2.05) is 63.8 Å². The van der Waals surface area contributed by atoms with Gasteiger partial charge < -0.3 is 9.42 Å². The molecule has 1 aromatic heterocycles. The molecular formula is C18H25N3O2. The van der Waals surface area contributed by atoms with Crippen molar-refractivity contribution in [2.24, 2.45) is 5.92 Å². The Balaban J connectivity index is 2.10. The smallest absolute Gasteiger partial charge is 0.229 e. The molecule has 0 unspecified atom stereocenters. The van der Waals surface area contributed by atoms with Crippen molar-refractivity contribution in [2.75, 3.05) is 6.54 Å².